The van der Waals surface area contributed by atoms with Gasteiger partial charge in [0.25, 0.3) is 5.91 Å². The third-order valence-corrected chi connectivity index (χ3v) is 3.25. The molecule has 106 valence electrons. The van der Waals surface area contributed by atoms with Gasteiger partial charge in [0.2, 0.25) is 5.91 Å². The topological polar surface area (TPSA) is 91.3 Å². The Morgan fingerprint density at radius 3 is 2.89 bits per heavy atom. The molecule has 1 rings (SSSR count). The fraction of sp³-hybridized carbons (Fsp3) is 0.583. The molecule has 0 bridgehead atoms. The van der Waals surface area contributed by atoms with Crippen molar-refractivity contribution < 1.29 is 14.7 Å². The minimum Gasteiger partial charge on any atom is -0.396 e. The SMILES string of the molecule is CC(=O)Nc1nc(C(=O)NCCCC(C)CO)cs1. The van der Waals surface area contributed by atoms with Crippen LogP contribution in [0.3, 0.4) is 0 Å². The van der Waals surface area contributed by atoms with E-state index in [9.17, 15) is 9.59 Å². The first-order valence-corrected chi connectivity index (χ1v) is 7.03. The van der Waals surface area contributed by atoms with Crippen LogP contribution in [-0.2, 0) is 4.79 Å². The van der Waals surface area contributed by atoms with Gasteiger partial charge in [0.1, 0.15) is 5.69 Å². The third-order valence-electron chi connectivity index (χ3n) is 2.49. The monoisotopic (exact) mass is 285 g/mol. The molecule has 0 spiro atoms. The van der Waals surface area contributed by atoms with Crippen LogP contribution in [0.5, 0.6) is 0 Å². The molecule has 0 aliphatic rings. The van der Waals surface area contributed by atoms with E-state index in [0.717, 1.165) is 12.8 Å². The van der Waals surface area contributed by atoms with Crippen LogP contribution in [-0.4, -0.2) is 35.1 Å². The maximum atomic E-state index is 11.7. The number of amides is 2. The number of nitrogens with zero attached hydrogens (tertiary/aromatic N) is 1. The zero-order chi connectivity index (χ0) is 14.3. The Balaban J connectivity index is 2.33. The summed E-state index contributed by atoms with van der Waals surface area (Å²) in [5.41, 5.74) is 0.309. The molecule has 0 radical (unpaired) electrons. The van der Waals surface area contributed by atoms with Crippen LogP contribution in [0.1, 0.15) is 37.2 Å². The first-order valence-electron chi connectivity index (χ1n) is 6.15. The highest BCUT2D eigenvalue weighted by atomic mass is 32.1. The molecule has 0 aromatic carbocycles. The Morgan fingerprint density at radius 1 is 1.53 bits per heavy atom. The Labute approximate surface area is 116 Å². The predicted octanol–water partition coefficient (Wildman–Crippen LogP) is 1.24. The first-order chi connectivity index (χ1) is 9.02. The van der Waals surface area contributed by atoms with Crippen molar-refractivity contribution in [2.24, 2.45) is 5.92 Å². The van der Waals surface area contributed by atoms with E-state index in [2.05, 4.69) is 15.6 Å². The van der Waals surface area contributed by atoms with E-state index in [1.165, 1.54) is 18.3 Å². The van der Waals surface area contributed by atoms with Crippen molar-refractivity contribution in [2.75, 3.05) is 18.5 Å². The molecule has 2 amide bonds. The zero-order valence-electron chi connectivity index (χ0n) is 11.1. The Kier molecular flexibility index (Phi) is 6.44. The molecule has 6 nitrogen and oxygen atoms in total. The van der Waals surface area contributed by atoms with E-state index in [4.69, 9.17) is 5.11 Å². The van der Waals surface area contributed by atoms with E-state index in [1.807, 2.05) is 6.92 Å². The number of rotatable bonds is 7. The number of aliphatic hydroxyl groups is 1. The Bertz CT molecular complexity index is 434. The minimum atomic E-state index is -0.246. The lowest BCUT2D eigenvalue weighted by molar-refractivity contribution is -0.114. The highest BCUT2D eigenvalue weighted by Crippen LogP contribution is 2.15. The molecule has 0 aliphatic heterocycles. The van der Waals surface area contributed by atoms with Gasteiger partial charge in [0.05, 0.1) is 0 Å². The van der Waals surface area contributed by atoms with Crippen molar-refractivity contribution in [3.8, 4) is 0 Å². The quantitative estimate of drug-likeness (QED) is 0.657. The molecule has 3 N–H and O–H groups in total. The summed E-state index contributed by atoms with van der Waals surface area (Å²) in [7, 11) is 0. The van der Waals surface area contributed by atoms with Gasteiger partial charge in [0.15, 0.2) is 5.13 Å². The normalized spacial score (nSPS) is 11.9. The second-order valence-corrected chi connectivity index (χ2v) is 5.26. The number of thiazole rings is 1. The fourth-order valence-electron chi connectivity index (χ4n) is 1.42. The van der Waals surface area contributed by atoms with Crippen molar-refractivity contribution >= 4 is 28.3 Å². The molecule has 0 saturated heterocycles. The summed E-state index contributed by atoms with van der Waals surface area (Å²) in [6.45, 7) is 4.07. The molecular weight excluding hydrogens is 266 g/mol. The van der Waals surface area contributed by atoms with E-state index in [1.54, 1.807) is 5.38 Å². The molecule has 7 heteroatoms. The summed E-state index contributed by atoms with van der Waals surface area (Å²) in [4.78, 5) is 26.6. The van der Waals surface area contributed by atoms with Crippen LogP contribution in [0, 0.1) is 5.92 Å². The lowest BCUT2D eigenvalue weighted by atomic mass is 10.1. The van der Waals surface area contributed by atoms with Gasteiger partial charge in [-0.3, -0.25) is 9.59 Å². The largest absolute Gasteiger partial charge is 0.396 e. The van der Waals surface area contributed by atoms with Crippen LogP contribution in [0.25, 0.3) is 0 Å². The third kappa shape index (κ3) is 5.80. The van der Waals surface area contributed by atoms with Crippen molar-refractivity contribution in [1.29, 1.82) is 0 Å². The maximum absolute atomic E-state index is 11.7. The van der Waals surface area contributed by atoms with E-state index in [-0.39, 0.29) is 24.3 Å². The summed E-state index contributed by atoms with van der Waals surface area (Å²) in [5, 5.41) is 16.2. The van der Waals surface area contributed by atoms with Gasteiger partial charge >= 0.3 is 0 Å². The summed E-state index contributed by atoms with van der Waals surface area (Å²) >= 11 is 1.22. The fourth-order valence-corrected chi connectivity index (χ4v) is 2.16. The van der Waals surface area contributed by atoms with Crippen LogP contribution in [0.2, 0.25) is 0 Å². The van der Waals surface area contributed by atoms with Crippen molar-refractivity contribution in [3.63, 3.8) is 0 Å². The van der Waals surface area contributed by atoms with Gasteiger partial charge in [0, 0.05) is 25.5 Å². The zero-order valence-corrected chi connectivity index (χ0v) is 11.9. The number of anilines is 1. The lowest BCUT2D eigenvalue weighted by Crippen LogP contribution is -2.25. The van der Waals surface area contributed by atoms with E-state index < -0.39 is 0 Å². The molecular formula is C12H19N3O3S. The second-order valence-electron chi connectivity index (χ2n) is 4.40. The van der Waals surface area contributed by atoms with Crippen molar-refractivity contribution in [1.82, 2.24) is 10.3 Å². The number of hydrogen-bond donors (Lipinski definition) is 3. The minimum absolute atomic E-state index is 0.167. The van der Waals surface area contributed by atoms with Crippen molar-refractivity contribution in [2.45, 2.75) is 26.7 Å². The number of hydrogen-bond acceptors (Lipinski definition) is 5. The van der Waals surface area contributed by atoms with Gasteiger partial charge in [-0.05, 0) is 18.8 Å². The van der Waals surface area contributed by atoms with Crippen LogP contribution in [0.15, 0.2) is 5.38 Å². The lowest BCUT2D eigenvalue weighted by Gasteiger charge is -2.07. The van der Waals surface area contributed by atoms with Crippen LogP contribution >= 0.6 is 11.3 Å². The molecule has 0 saturated carbocycles. The number of aromatic nitrogens is 1. The maximum Gasteiger partial charge on any atom is 0.270 e. The molecule has 1 unspecified atom stereocenters. The average Bonchev–Trinajstić information content (AvgIpc) is 2.81. The Hall–Kier alpha value is -1.47. The number of carbonyl (C=O) groups excluding carboxylic acids is 2. The van der Waals surface area contributed by atoms with Gasteiger partial charge in [-0.15, -0.1) is 11.3 Å². The number of aliphatic hydroxyl groups excluding tert-OH is 1. The molecule has 1 aromatic heterocycles. The first kappa shape index (κ1) is 15.6. The van der Waals surface area contributed by atoms with Crippen LogP contribution in [0.4, 0.5) is 5.13 Å². The Morgan fingerprint density at radius 2 is 2.26 bits per heavy atom. The summed E-state index contributed by atoms with van der Waals surface area (Å²) in [6.07, 6.45) is 1.68. The molecule has 19 heavy (non-hydrogen) atoms. The standard InChI is InChI=1S/C12H19N3O3S/c1-8(6-16)4-3-5-13-11(18)10-7-19-12(15-10)14-9(2)17/h7-8,16H,3-6H2,1-2H3,(H,13,18)(H,14,15,17). The van der Waals surface area contributed by atoms with Gasteiger partial charge in [-0.1, -0.05) is 6.92 Å². The van der Waals surface area contributed by atoms with Crippen molar-refractivity contribution in [3.05, 3.63) is 11.1 Å². The molecule has 1 aromatic rings. The summed E-state index contributed by atoms with van der Waals surface area (Å²) in [5.74, 6) is -0.202. The molecule has 0 fully saturated rings. The van der Waals surface area contributed by atoms with Gasteiger partial charge in [-0.25, -0.2) is 4.98 Å². The summed E-state index contributed by atoms with van der Waals surface area (Å²) < 4.78 is 0. The van der Waals surface area contributed by atoms with Gasteiger partial charge in [-0.2, -0.15) is 0 Å². The number of nitrogens with one attached hydrogen (secondary N) is 2. The van der Waals surface area contributed by atoms with E-state index >= 15 is 0 Å². The highest BCUT2D eigenvalue weighted by molar-refractivity contribution is 7.14. The summed E-state index contributed by atoms with van der Waals surface area (Å²) in [6, 6.07) is 0. The average molecular weight is 285 g/mol. The van der Waals surface area contributed by atoms with Gasteiger partial charge < -0.3 is 15.7 Å². The van der Waals surface area contributed by atoms with E-state index in [0.29, 0.717) is 17.4 Å². The predicted molar refractivity (Wildman–Crippen MR) is 74.2 cm³/mol. The highest BCUT2D eigenvalue weighted by Gasteiger charge is 2.10. The molecule has 1 atom stereocenters. The molecule has 1 heterocycles. The smallest absolute Gasteiger partial charge is 0.270 e. The molecule has 0 aliphatic carbocycles. The van der Waals surface area contributed by atoms with Crippen LogP contribution < -0.4 is 10.6 Å². The second kappa shape index (κ2) is 7.85. The number of carbonyl (C=O) groups is 2.